The van der Waals surface area contributed by atoms with E-state index < -0.39 is 51.8 Å². The molecule has 0 saturated carbocycles. The van der Waals surface area contributed by atoms with Gasteiger partial charge in [-0.2, -0.15) is 0 Å². The fraction of sp³-hybridized carbons (Fsp3) is 0.733. The summed E-state index contributed by atoms with van der Waals surface area (Å²) in [5.74, 6) is -1.07. The molecular formula is C45H79O10P. The Bertz CT molecular complexity index is 1120. The summed E-state index contributed by atoms with van der Waals surface area (Å²) < 4.78 is 32.6. The smallest absolute Gasteiger partial charge is 0.462 e. The maximum absolute atomic E-state index is 12.5. The molecule has 0 aliphatic carbocycles. The quantitative estimate of drug-likeness (QED) is 0.0236. The van der Waals surface area contributed by atoms with Crippen molar-refractivity contribution in [2.75, 3.05) is 26.4 Å². The molecule has 56 heavy (non-hydrogen) atoms. The monoisotopic (exact) mass is 811 g/mol. The van der Waals surface area contributed by atoms with Crippen LogP contribution in [-0.4, -0.2) is 65.7 Å². The first-order chi connectivity index (χ1) is 27.2. The van der Waals surface area contributed by atoms with Crippen LogP contribution in [0.1, 0.15) is 174 Å². The summed E-state index contributed by atoms with van der Waals surface area (Å²) in [5.41, 5.74) is 0. The standard InChI is InChI=1S/C45H79O10P/c1-3-5-7-9-11-13-15-17-19-20-21-23-24-26-28-30-32-34-36-44(48)52-40-43(41-54-56(50,51)53-39-42(47)38-46)55-45(49)37-35-33-31-29-27-25-22-18-16-14-12-10-8-6-4-2/h6,8,12,14,18,22,27,29,33,35,42-43,46-47H,3-5,7,9-11,13,15-17,19-21,23-26,28,30-32,34,36-41H2,1-2H3,(H,50,51)/b8-6-,14-12-,22-18-,29-27-,35-33-. The molecule has 10 nitrogen and oxygen atoms in total. The number of ether oxygens (including phenoxy) is 2. The zero-order valence-electron chi connectivity index (χ0n) is 35.1. The molecule has 0 heterocycles. The number of phosphoric acid groups is 1. The molecule has 0 saturated heterocycles. The Hall–Kier alpha value is -2.33. The van der Waals surface area contributed by atoms with Crippen LogP contribution in [0.25, 0.3) is 0 Å². The molecule has 3 N–H and O–H groups in total. The van der Waals surface area contributed by atoms with E-state index in [1.165, 1.54) is 89.9 Å². The van der Waals surface area contributed by atoms with Crippen molar-refractivity contribution in [3.63, 3.8) is 0 Å². The van der Waals surface area contributed by atoms with E-state index in [1.807, 2.05) is 18.2 Å². The van der Waals surface area contributed by atoms with Crippen LogP contribution in [0.15, 0.2) is 60.8 Å². The van der Waals surface area contributed by atoms with Crippen molar-refractivity contribution in [2.45, 2.75) is 187 Å². The normalized spacial score (nSPS) is 14.4. The molecule has 0 aromatic heterocycles. The number of hydrogen-bond donors (Lipinski definition) is 3. The van der Waals surface area contributed by atoms with E-state index in [1.54, 1.807) is 6.08 Å². The van der Waals surface area contributed by atoms with Gasteiger partial charge in [0.1, 0.15) is 12.7 Å². The van der Waals surface area contributed by atoms with E-state index in [0.717, 1.165) is 44.9 Å². The number of phosphoric ester groups is 1. The Balaban J connectivity index is 4.37. The third-order valence-electron chi connectivity index (χ3n) is 8.97. The van der Waals surface area contributed by atoms with Crippen LogP contribution >= 0.6 is 7.82 Å². The number of esters is 2. The largest absolute Gasteiger partial charge is 0.472 e. The van der Waals surface area contributed by atoms with Crippen molar-refractivity contribution in [2.24, 2.45) is 0 Å². The number of aliphatic hydroxyl groups is 2. The third-order valence-corrected chi connectivity index (χ3v) is 9.92. The molecule has 0 bridgehead atoms. The van der Waals surface area contributed by atoms with Gasteiger partial charge in [0.25, 0.3) is 0 Å². The summed E-state index contributed by atoms with van der Waals surface area (Å²) >= 11 is 0. The van der Waals surface area contributed by atoms with E-state index in [-0.39, 0.29) is 19.4 Å². The highest BCUT2D eigenvalue weighted by Gasteiger charge is 2.27. The average Bonchev–Trinajstić information content (AvgIpc) is 3.19. The van der Waals surface area contributed by atoms with E-state index in [0.29, 0.717) is 12.8 Å². The van der Waals surface area contributed by atoms with Crippen LogP contribution in [-0.2, 0) is 32.7 Å². The van der Waals surface area contributed by atoms with Crippen LogP contribution in [0.4, 0.5) is 0 Å². The summed E-state index contributed by atoms with van der Waals surface area (Å²) in [4.78, 5) is 34.9. The SMILES string of the molecule is CC/C=C\C/C=C\C/C=C\C/C=C\C/C=C\CC(=O)OC(COC(=O)CCCCCCCCCCCCCCCCCCCC)COP(=O)(O)OCC(O)CO. The number of hydrogen-bond acceptors (Lipinski definition) is 9. The summed E-state index contributed by atoms with van der Waals surface area (Å²) in [5, 5.41) is 18.3. The molecule has 3 unspecified atom stereocenters. The third kappa shape index (κ3) is 39.9. The molecule has 0 aromatic carbocycles. The van der Waals surface area contributed by atoms with Crippen molar-refractivity contribution in [3.8, 4) is 0 Å². The van der Waals surface area contributed by atoms with Gasteiger partial charge in [0.05, 0.1) is 26.2 Å². The second kappa shape index (κ2) is 40.9. The first-order valence-corrected chi connectivity index (χ1v) is 23.2. The molecule has 0 radical (unpaired) electrons. The van der Waals surface area contributed by atoms with E-state index in [4.69, 9.17) is 19.1 Å². The fourth-order valence-corrected chi connectivity index (χ4v) is 6.45. The summed E-state index contributed by atoms with van der Waals surface area (Å²) in [6.07, 6.45) is 45.1. The van der Waals surface area contributed by atoms with Crippen molar-refractivity contribution >= 4 is 19.8 Å². The molecule has 11 heteroatoms. The topological polar surface area (TPSA) is 149 Å². The van der Waals surface area contributed by atoms with Crippen LogP contribution in [0.5, 0.6) is 0 Å². The highest BCUT2D eigenvalue weighted by Crippen LogP contribution is 2.43. The average molecular weight is 811 g/mol. The molecule has 0 fully saturated rings. The van der Waals surface area contributed by atoms with Crippen LogP contribution in [0.2, 0.25) is 0 Å². The molecule has 3 atom stereocenters. The lowest BCUT2D eigenvalue weighted by atomic mass is 10.0. The molecule has 0 aliphatic heterocycles. The fourth-order valence-electron chi connectivity index (χ4n) is 5.66. The van der Waals surface area contributed by atoms with Crippen molar-refractivity contribution in [1.29, 1.82) is 0 Å². The van der Waals surface area contributed by atoms with Crippen molar-refractivity contribution in [3.05, 3.63) is 60.8 Å². The Morgan fingerprint density at radius 2 is 0.964 bits per heavy atom. The summed E-state index contributed by atoms with van der Waals surface area (Å²) in [6.45, 7) is 2.16. The molecule has 0 amide bonds. The lowest BCUT2D eigenvalue weighted by Gasteiger charge is -2.20. The number of carbonyl (C=O) groups excluding carboxylic acids is 2. The van der Waals surface area contributed by atoms with Gasteiger partial charge in [-0.25, -0.2) is 4.57 Å². The molecule has 0 aromatic rings. The lowest BCUT2D eigenvalue weighted by molar-refractivity contribution is -0.160. The number of aliphatic hydroxyl groups excluding tert-OH is 2. The van der Waals surface area contributed by atoms with Gasteiger partial charge in [0.15, 0.2) is 6.10 Å². The van der Waals surface area contributed by atoms with Gasteiger partial charge >= 0.3 is 19.8 Å². The van der Waals surface area contributed by atoms with Gasteiger partial charge < -0.3 is 24.6 Å². The second-order valence-corrected chi connectivity index (χ2v) is 15.8. The lowest BCUT2D eigenvalue weighted by Crippen LogP contribution is -2.29. The number of rotatable bonds is 40. The van der Waals surface area contributed by atoms with Gasteiger partial charge in [0, 0.05) is 6.42 Å². The Kier molecular flexibility index (Phi) is 39.2. The molecule has 0 rings (SSSR count). The number of allylic oxidation sites excluding steroid dienone is 9. The predicted molar refractivity (Wildman–Crippen MR) is 228 cm³/mol. The van der Waals surface area contributed by atoms with Crippen LogP contribution in [0.3, 0.4) is 0 Å². The summed E-state index contributed by atoms with van der Waals surface area (Å²) in [6, 6.07) is 0. The van der Waals surface area contributed by atoms with E-state index in [9.17, 15) is 24.2 Å². The summed E-state index contributed by atoms with van der Waals surface area (Å²) in [7, 11) is -4.64. The first-order valence-electron chi connectivity index (χ1n) is 21.7. The molecule has 0 aliphatic rings. The van der Waals surface area contributed by atoms with Gasteiger partial charge in [0.2, 0.25) is 0 Å². The molecule has 324 valence electrons. The Morgan fingerprint density at radius 3 is 1.41 bits per heavy atom. The predicted octanol–water partition coefficient (Wildman–Crippen LogP) is 11.5. The minimum absolute atomic E-state index is 0.0484. The minimum atomic E-state index is -4.64. The van der Waals surface area contributed by atoms with E-state index >= 15 is 0 Å². The second-order valence-electron chi connectivity index (χ2n) is 14.4. The minimum Gasteiger partial charge on any atom is -0.462 e. The van der Waals surface area contributed by atoms with Gasteiger partial charge in [-0.15, -0.1) is 0 Å². The zero-order valence-corrected chi connectivity index (χ0v) is 36.0. The van der Waals surface area contributed by atoms with Crippen LogP contribution < -0.4 is 0 Å². The maximum Gasteiger partial charge on any atom is 0.472 e. The maximum atomic E-state index is 12.5. The molecular weight excluding hydrogens is 731 g/mol. The first kappa shape index (κ1) is 53.7. The molecule has 0 spiro atoms. The van der Waals surface area contributed by atoms with Crippen molar-refractivity contribution < 1.29 is 47.8 Å². The van der Waals surface area contributed by atoms with Gasteiger partial charge in [-0.3, -0.25) is 18.6 Å². The van der Waals surface area contributed by atoms with Gasteiger partial charge in [-0.05, 0) is 38.5 Å². The Morgan fingerprint density at radius 1 is 0.554 bits per heavy atom. The highest BCUT2D eigenvalue weighted by atomic mass is 31.2. The van der Waals surface area contributed by atoms with Crippen molar-refractivity contribution in [1.82, 2.24) is 0 Å². The number of unbranched alkanes of at least 4 members (excludes halogenated alkanes) is 17. The van der Waals surface area contributed by atoms with Crippen LogP contribution in [0, 0.1) is 0 Å². The zero-order chi connectivity index (χ0) is 41.2. The van der Waals surface area contributed by atoms with E-state index in [2.05, 4.69) is 54.8 Å². The highest BCUT2D eigenvalue weighted by molar-refractivity contribution is 7.47. The Labute approximate surface area is 340 Å². The van der Waals surface area contributed by atoms with Gasteiger partial charge in [-0.1, -0.05) is 184 Å². The number of carbonyl (C=O) groups is 2.